The zero-order valence-corrected chi connectivity index (χ0v) is 11.9. The Balaban J connectivity index is 2.14. The molecule has 0 atom stereocenters. The van der Waals surface area contributed by atoms with Crippen LogP contribution in [-0.2, 0) is 0 Å². The monoisotopic (exact) mass is 279 g/mol. The summed E-state index contributed by atoms with van der Waals surface area (Å²) in [6.07, 6.45) is 0.444. The van der Waals surface area contributed by atoms with Gasteiger partial charge in [0, 0.05) is 23.2 Å². The van der Waals surface area contributed by atoms with E-state index in [1.807, 2.05) is 49.4 Å². The van der Waals surface area contributed by atoms with Crippen LogP contribution in [0.15, 0.2) is 48.5 Å². The molecule has 0 heterocycles. The van der Waals surface area contributed by atoms with E-state index in [1.165, 1.54) is 0 Å². The maximum absolute atomic E-state index is 12.2. The molecule has 21 heavy (non-hydrogen) atoms. The quantitative estimate of drug-likeness (QED) is 0.849. The first-order valence-corrected chi connectivity index (χ1v) is 6.77. The van der Waals surface area contributed by atoms with Crippen molar-refractivity contribution in [2.24, 2.45) is 0 Å². The molecule has 3 heteroatoms. The van der Waals surface area contributed by atoms with Crippen molar-refractivity contribution in [2.45, 2.75) is 13.3 Å². The number of benzene rings is 2. The maximum atomic E-state index is 12.2. The second-order valence-electron chi connectivity index (χ2n) is 4.63. The molecule has 1 amide bonds. The minimum absolute atomic E-state index is 0.0523. The molecule has 0 unspecified atom stereocenters. The number of aliphatic hydroxyl groups excluding tert-OH is 1. The number of amides is 1. The Labute approximate surface area is 124 Å². The SMILES string of the molecule is Cc1ccccc1C(=O)Nc1cccc(C#CCCO)c1. The topological polar surface area (TPSA) is 49.3 Å². The van der Waals surface area contributed by atoms with Gasteiger partial charge in [-0.15, -0.1) is 0 Å². The normalized spacial score (nSPS) is 9.62. The van der Waals surface area contributed by atoms with Gasteiger partial charge in [0.25, 0.3) is 5.91 Å². The zero-order valence-electron chi connectivity index (χ0n) is 11.9. The molecule has 0 radical (unpaired) electrons. The van der Waals surface area contributed by atoms with Gasteiger partial charge in [0.15, 0.2) is 0 Å². The van der Waals surface area contributed by atoms with E-state index in [9.17, 15) is 4.79 Å². The molecule has 0 saturated heterocycles. The van der Waals surface area contributed by atoms with Crippen LogP contribution < -0.4 is 5.32 Å². The second kappa shape index (κ2) is 7.28. The van der Waals surface area contributed by atoms with Crippen LogP contribution in [0.4, 0.5) is 5.69 Å². The van der Waals surface area contributed by atoms with E-state index in [4.69, 9.17) is 5.11 Å². The molecule has 0 bridgehead atoms. The van der Waals surface area contributed by atoms with E-state index in [-0.39, 0.29) is 12.5 Å². The van der Waals surface area contributed by atoms with Crippen molar-refractivity contribution in [3.8, 4) is 11.8 Å². The van der Waals surface area contributed by atoms with Crippen molar-refractivity contribution >= 4 is 11.6 Å². The summed E-state index contributed by atoms with van der Waals surface area (Å²) in [4.78, 5) is 12.2. The standard InChI is InChI=1S/C18H17NO2/c1-14-7-2-3-11-17(14)18(21)19-16-10-6-9-15(13-16)8-4-5-12-20/h2-3,6-7,9-11,13,20H,5,12H2,1H3,(H,19,21). The van der Waals surface area contributed by atoms with Crippen LogP contribution in [-0.4, -0.2) is 17.6 Å². The molecule has 0 spiro atoms. The highest BCUT2D eigenvalue weighted by molar-refractivity contribution is 6.05. The summed E-state index contributed by atoms with van der Waals surface area (Å²) < 4.78 is 0. The Morgan fingerprint density at radius 1 is 1.19 bits per heavy atom. The molecule has 2 aromatic carbocycles. The molecule has 2 rings (SSSR count). The van der Waals surface area contributed by atoms with E-state index in [2.05, 4.69) is 17.2 Å². The van der Waals surface area contributed by atoms with E-state index < -0.39 is 0 Å². The van der Waals surface area contributed by atoms with Crippen LogP contribution >= 0.6 is 0 Å². The molecule has 3 nitrogen and oxygen atoms in total. The van der Waals surface area contributed by atoms with E-state index in [0.29, 0.717) is 17.7 Å². The lowest BCUT2D eigenvalue weighted by atomic mass is 10.1. The zero-order chi connectivity index (χ0) is 15.1. The van der Waals surface area contributed by atoms with Gasteiger partial charge in [-0.05, 0) is 36.8 Å². The van der Waals surface area contributed by atoms with Gasteiger partial charge >= 0.3 is 0 Å². The first kappa shape index (κ1) is 14.8. The Kier molecular flexibility index (Phi) is 5.14. The first-order chi connectivity index (χ1) is 10.2. The first-order valence-electron chi connectivity index (χ1n) is 6.77. The Morgan fingerprint density at radius 3 is 2.76 bits per heavy atom. The molecular weight excluding hydrogens is 262 g/mol. The molecule has 2 N–H and O–H groups in total. The average molecular weight is 279 g/mol. The van der Waals surface area contributed by atoms with Crippen LogP contribution in [0, 0.1) is 18.8 Å². The largest absolute Gasteiger partial charge is 0.395 e. The molecule has 106 valence electrons. The van der Waals surface area contributed by atoms with Gasteiger partial charge in [-0.2, -0.15) is 0 Å². The Hall–Kier alpha value is -2.57. The number of rotatable bonds is 3. The van der Waals surface area contributed by atoms with Gasteiger partial charge in [-0.25, -0.2) is 0 Å². The third-order valence-corrected chi connectivity index (χ3v) is 2.98. The second-order valence-corrected chi connectivity index (χ2v) is 4.63. The van der Waals surface area contributed by atoms with Crippen LogP contribution in [0.3, 0.4) is 0 Å². The fraction of sp³-hybridized carbons (Fsp3) is 0.167. The van der Waals surface area contributed by atoms with Gasteiger partial charge < -0.3 is 10.4 Å². The summed E-state index contributed by atoms with van der Waals surface area (Å²) in [5.74, 6) is 5.68. The van der Waals surface area contributed by atoms with Gasteiger partial charge in [0.05, 0.1) is 6.61 Å². The van der Waals surface area contributed by atoms with Crippen molar-refractivity contribution in [1.29, 1.82) is 0 Å². The summed E-state index contributed by atoms with van der Waals surface area (Å²) in [7, 11) is 0. The smallest absolute Gasteiger partial charge is 0.255 e. The Bertz CT molecular complexity index is 696. The van der Waals surface area contributed by atoms with Crippen LogP contribution in [0.1, 0.15) is 27.9 Å². The fourth-order valence-corrected chi connectivity index (χ4v) is 1.92. The molecule has 0 saturated carbocycles. The lowest BCUT2D eigenvalue weighted by Crippen LogP contribution is -2.13. The van der Waals surface area contributed by atoms with E-state index >= 15 is 0 Å². The number of carbonyl (C=O) groups is 1. The minimum atomic E-state index is -0.131. The van der Waals surface area contributed by atoms with Gasteiger partial charge in [-0.3, -0.25) is 4.79 Å². The number of carbonyl (C=O) groups excluding carboxylic acids is 1. The number of hydrogen-bond acceptors (Lipinski definition) is 2. The highest BCUT2D eigenvalue weighted by Crippen LogP contribution is 2.13. The Morgan fingerprint density at radius 2 is 2.00 bits per heavy atom. The summed E-state index contributed by atoms with van der Waals surface area (Å²) in [5.41, 5.74) is 3.12. The molecule has 0 aliphatic heterocycles. The van der Waals surface area contributed by atoms with Gasteiger partial charge in [-0.1, -0.05) is 36.1 Å². The molecule has 0 fully saturated rings. The number of nitrogens with one attached hydrogen (secondary N) is 1. The van der Waals surface area contributed by atoms with Crippen LogP contribution in [0.5, 0.6) is 0 Å². The summed E-state index contributed by atoms with van der Waals surface area (Å²) in [6.45, 7) is 1.96. The van der Waals surface area contributed by atoms with Crippen molar-refractivity contribution < 1.29 is 9.90 Å². The minimum Gasteiger partial charge on any atom is -0.395 e. The number of hydrogen-bond donors (Lipinski definition) is 2. The summed E-state index contributed by atoms with van der Waals surface area (Å²) >= 11 is 0. The highest BCUT2D eigenvalue weighted by atomic mass is 16.2. The predicted octanol–water partition coefficient (Wildman–Crippen LogP) is 2.98. The highest BCUT2D eigenvalue weighted by Gasteiger charge is 2.08. The summed E-state index contributed by atoms with van der Waals surface area (Å²) in [6, 6.07) is 14.8. The van der Waals surface area contributed by atoms with Gasteiger partial charge in [0.2, 0.25) is 0 Å². The van der Waals surface area contributed by atoms with E-state index in [0.717, 1.165) is 11.1 Å². The summed E-state index contributed by atoms with van der Waals surface area (Å²) in [5, 5.41) is 11.6. The van der Waals surface area contributed by atoms with Crippen LogP contribution in [0.2, 0.25) is 0 Å². The fourth-order valence-electron chi connectivity index (χ4n) is 1.92. The number of aliphatic hydroxyl groups is 1. The number of aryl methyl sites for hydroxylation is 1. The number of anilines is 1. The molecule has 0 aromatic heterocycles. The van der Waals surface area contributed by atoms with Crippen molar-refractivity contribution in [1.82, 2.24) is 0 Å². The van der Waals surface area contributed by atoms with Crippen molar-refractivity contribution in [3.63, 3.8) is 0 Å². The predicted molar refractivity (Wildman–Crippen MR) is 84.2 cm³/mol. The molecule has 0 aliphatic carbocycles. The van der Waals surface area contributed by atoms with Gasteiger partial charge in [0.1, 0.15) is 0 Å². The lowest BCUT2D eigenvalue weighted by molar-refractivity contribution is 0.102. The molecule has 0 aliphatic rings. The third-order valence-electron chi connectivity index (χ3n) is 2.98. The van der Waals surface area contributed by atoms with Crippen molar-refractivity contribution in [2.75, 3.05) is 11.9 Å². The third kappa shape index (κ3) is 4.20. The van der Waals surface area contributed by atoms with Crippen molar-refractivity contribution in [3.05, 3.63) is 65.2 Å². The van der Waals surface area contributed by atoms with E-state index in [1.54, 1.807) is 6.07 Å². The van der Waals surface area contributed by atoms with Crippen LogP contribution in [0.25, 0.3) is 0 Å². The lowest BCUT2D eigenvalue weighted by Gasteiger charge is -2.07. The molecule has 2 aromatic rings. The maximum Gasteiger partial charge on any atom is 0.255 e. The molecular formula is C18H17NO2. The average Bonchev–Trinajstić information content (AvgIpc) is 2.48.